The van der Waals surface area contributed by atoms with Crippen LogP contribution in [0, 0.1) is 5.41 Å². The number of likely N-dealkylation sites (tertiary alicyclic amines) is 1. The summed E-state index contributed by atoms with van der Waals surface area (Å²) in [5, 5.41) is 0.645. The van der Waals surface area contributed by atoms with Crippen molar-refractivity contribution in [3.8, 4) is 5.75 Å². The molecule has 0 unspecified atom stereocenters. The monoisotopic (exact) mass is 281 g/mol. The average Bonchev–Trinajstić information content (AvgIpc) is 2.74. The van der Waals surface area contributed by atoms with Crippen LogP contribution >= 0.6 is 11.6 Å². The van der Waals surface area contributed by atoms with Crippen LogP contribution in [0.4, 0.5) is 5.69 Å². The number of hydrogen-bond donors (Lipinski definition) is 2. The molecule has 1 aromatic carbocycles. The highest BCUT2D eigenvalue weighted by atomic mass is 35.5. The molecule has 1 aliphatic heterocycles. The Balaban J connectivity index is 1.54. The van der Waals surface area contributed by atoms with Gasteiger partial charge in [-0.25, -0.2) is 0 Å². The number of anilines is 1. The third-order valence-corrected chi connectivity index (χ3v) is 4.52. The van der Waals surface area contributed by atoms with Crippen molar-refractivity contribution in [1.29, 1.82) is 0 Å². The van der Waals surface area contributed by atoms with E-state index in [1.165, 1.54) is 6.42 Å². The number of benzene rings is 1. The fraction of sp³-hybridized carbons (Fsp3) is 0.571. The predicted molar refractivity (Wildman–Crippen MR) is 77.2 cm³/mol. The molecule has 2 aliphatic rings. The lowest BCUT2D eigenvalue weighted by atomic mass is 9.65. The first-order valence-electron chi connectivity index (χ1n) is 6.72. The van der Waals surface area contributed by atoms with Gasteiger partial charge in [-0.15, -0.1) is 0 Å². The van der Waals surface area contributed by atoms with E-state index in [-0.39, 0.29) is 0 Å². The molecule has 4 nitrogen and oxygen atoms in total. The summed E-state index contributed by atoms with van der Waals surface area (Å²) in [6.07, 6.45) is 3.54. The molecule has 1 aromatic rings. The fourth-order valence-corrected chi connectivity index (χ4v) is 3.48. The maximum absolute atomic E-state index is 5.94. The largest absolute Gasteiger partial charge is 0.476 e. The van der Waals surface area contributed by atoms with Gasteiger partial charge in [-0.1, -0.05) is 11.6 Å². The molecular formula is C14H20ClN3O. The van der Waals surface area contributed by atoms with Crippen molar-refractivity contribution in [1.82, 2.24) is 4.90 Å². The van der Waals surface area contributed by atoms with Gasteiger partial charge in [0, 0.05) is 30.2 Å². The minimum absolute atomic E-state index is 0.407. The SMILES string of the molecule is Nc1ccc(Cl)cc1OCN1CCC2(CC(N)C2)C1. The maximum Gasteiger partial charge on any atom is 0.145 e. The quantitative estimate of drug-likeness (QED) is 0.833. The normalized spacial score (nSPS) is 30.5. The highest BCUT2D eigenvalue weighted by Crippen LogP contribution is 2.47. The van der Waals surface area contributed by atoms with Crippen molar-refractivity contribution in [3.05, 3.63) is 23.2 Å². The van der Waals surface area contributed by atoms with Crippen molar-refractivity contribution in [2.75, 3.05) is 25.6 Å². The summed E-state index contributed by atoms with van der Waals surface area (Å²) in [6, 6.07) is 5.71. The van der Waals surface area contributed by atoms with Gasteiger partial charge in [-0.2, -0.15) is 0 Å². The Bertz CT molecular complexity index is 474. The van der Waals surface area contributed by atoms with E-state index < -0.39 is 0 Å². The highest BCUT2D eigenvalue weighted by molar-refractivity contribution is 6.30. The Morgan fingerprint density at radius 3 is 2.95 bits per heavy atom. The molecule has 2 fully saturated rings. The second-order valence-corrected chi connectivity index (χ2v) is 6.36. The number of nitrogen functional groups attached to an aromatic ring is 1. The van der Waals surface area contributed by atoms with E-state index in [0.29, 0.717) is 34.6 Å². The zero-order valence-corrected chi connectivity index (χ0v) is 11.7. The lowest BCUT2D eigenvalue weighted by molar-refractivity contribution is 0.0849. The standard InChI is InChI=1S/C14H20ClN3O/c15-10-1-2-12(17)13(5-10)19-9-18-4-3-14(8-18)6-11(16)7-14/h1-2,5,11H,3-4,6-9,16-17H2. The van der Waals surface area contributed by atoms with Crippen LogP contribution in [-0.4, -0.2) is 30.8 Å². The summed E-state index contributed by atoms with van der Waals surface area (Å²) in [6.45, 7) is 2.73. The second kappa shape index (κ2) is 4.85. The number of ether oxygens (including phenoxy) is 1. The lowest BCUT2D eigenvalue weighted by Gasteiger charge is -2.43. The van der Waals surface area contributed by atoms with Gasteiger partial charge in [0.1, 0.15) is 12.5 Å². The number of halogens is 1. The molecule has 19 heavy (non-hydrogen) atoms. The molecule has 3 rings (SSSR count). The van der Waals surface area contributed by atoms with E-state index in [2.05, 4.69) is 4.90 Å². The van der Waals surface area contributed by atoms with E-state index >= 15 is 0 Å². The summed E-state index contributed by atoms with van der Waals surface area (Å²) in [5.41, 5.74) is 12.9. The summed E-state index contributed by atoms with van der Waals surface area (Å²) >= 11 is 5.94. The predicted octanol–water partition coefficient (Wildman–Crippen LogP) is 2.07. The van der Waals surface area contributed by atoms with Crippen LogP contribution in [0.25, 0.3) is 0 Å². The third-order valence-electron chi connectivity index (χ3n) is 4.29. The van der Waals surface area contributed by atoms with E-state index in [9.17, 15) is 0 Å². The van der Waals surface area contributed by atoms with Crippen LogP contribution in [0.15, 0.2) is 18.2 Å². The van der Waals surface area contributed by atoms with Gasteiger partial charge in [0.15, 0.2) is 0 Å². The topological polar surface area (TPSA) is 64.5 Å². The van der Waals surface area contributed by atoms with Crippen molar-refractivity contribution >= 4 is 17.3 Å². The molecule has 0 aromatic heterocycles. The van der Waals surface area contributed by atoms with Crippen molar-refractivity contribution < 1.29 is 4.74 Å². The smallest absolute Gasteiger partial charge is 0.145 e. The van der Waals surface area contributed by atoms with E-state index in [1.54, 1.807) is 18.2 Å². The number of hydrogen-bond acceptors (Lipinski definition) is 4. The molecule has 1 saturated carbocycles. The van der Waals surface area contributed by atoms with Crippen LogP contribution in [0.3, 0.4) is 0 Å². The Hall–Kier alpha value is -0.970. The molecule has 104 valence electrons. The molecule has 1 aliphatic carbocycles. The maximum atomic E-state index is 5.94. The molecule has 0 atom stereocenters. The summed E-state index contributed by atoms with van der Waals surface area (Å²) < 4.78 is 5.78. The Morgan fingerprint density at radius 1 is 1.42 bits per heavy atom. The van der Waals surface area contributed by atoms with Crippen LogP contribution in [0.1, 0.15) is 19.3 Å². The molecule has 0 radical (unpaired) electrons. The first-order chi connectivity index (χ1) is 9.06. The minimum atomic E-state index is 0.407. The third kappa shape index (κ3) is 2.66. The van der Waals surface area contributed by atoms with E-state index in [4.69, 9.17) is 27.8 Å². The first kappa shape index (κ1) is 13.0. The van der Waals surface area contributed by atoms with Gasteiger partial charge in [0.25, 0.3) is 0 Å². The van der Waals surface area contributed by atoms with Gasteiger partial charge in [0.05, 0.1) is 5.69 Å². The molecule has 4 N–H and O–H groups in total. The van der Waals surface area contributed by atoms with Crippen LogP contribution in [-0.2, 0) is 0 Å². The van der Waals surface area contributed by atoms with Crippen molar-refractivity contribution in [2.45, 2.75) is 25.3 Å². The zero-order valence-electron chi connectivity index (χ0n) is 10.9. The Morgan fingerprint density at radius 2 is 2.21 bits per heavy atom. The van der Waals surface area contributed by atoms with Crippen LogP contribution < -0.4 is 16.2 Å². The number of nitrogens with two attached hydrogens (primary N) is 2. The number of rotatable bonds is 3. The molecule has 1 spiro atoms. The van der Waals surface area contributed by atoms with Crippen LogP contribution in [0.2, 0.25) is 5.02 Å². The molecule has 0 bridgehead atoms. The molecule has 1 saturated heterocycles. The first-order valence-corrected chi connectivity index (χ1v) is 7.10. The van der Waals surface area contributed by atoms with Gasteiger partial charge in [0.2, 0.25) is 0 Å². The van der Waals surface area contributed by atoms with E-state index in [1.807, 2.05) is 0 Å². The van der Waals surface area contributed by atoms with Gasteiger partial charge in [-0.3, -0.25) is 4.90 Å². The van der Waals surface area contributed by atoms with Crippen LogP contribution in [0.5, 0.6) is 5.75 Å². The molecule has 5 heteroatoms. The molecular weight excluding hydrogens is 262 g/mol. The lowest BCUT2D eigenvalue weighted by Crippen LogP contribution is -2.47. The fourth-order valence-electron chi connectivity index (χ4n) is 3.32. The highest BCUT2D eigenvalue weighted by Gasteiger charge is 2.46. The zero-order chi connectivity index (χ0) is 13.5. The van der Waals surface area contributed by atoms with Crippen molar-refractivity contribution in [3.63, 3.8) is 0 Å². The van der Waals surface area contributed by atoms with Crippen molar-refractivity contribution in [2.24, 2.45) is 11.1 Å². The number of nitrogens with zero attached hydrogens (tertiary/aromatic N) is 1. The van der Waals surface area contributed by atoms with Gasteiger partial charge in [-0.05, 0) is 36.8 Å². The summed E-state index contributed by atoms with van der Waals surface area (Å²) in [7, 11) is 0. The van der Waals surface area contributed by atoms with E-state index in [0.717, 1.165) is 25.9 Å². The second-order valence-electron chi connectivity index (χ2n) is 5.93. The Kier molecular flexibility index (Phi) is 3.33. The Labute approximate surface area is 118 Å². The van der Waals surface area contributed by atoms with Gasteiger partial charge >= 0.3 is 0 Å². The molecule has 0 amide bonds. The average molecular weight is 282 g/mol. The minimum Gasteiger partial charge on any atom is -0.476 e. The summed E-state index contributed by atoms with van der Waals surface area (Å²) in [5.74, 6) is 0.666. The summed E-state index contributed by atoms with van der Waals surface area (Å²) in [4.78, 5) is 2.33. The molecule has 1 heterocycles. The van der Waals surface area contributed by atoms with Gasteiger partial charge < -0.3 is 16.2 Å².